The lowest BCUT2D eigenvalue weighted by Crippen LogP contribution is -2.26. The second-order valence-electron chi connectivity index (χ2n) is 7.01. The SMILES string of the molecule is O=C(c1ccco1)N1N=C(c2cccc([N+](=O)[O-])c2)CC1c1ccc2nccnc2c1. The summed E-state index contributed by atoms with van der Waals surface area (Å²) in [6, 6.07) is 14.6. The van der Waals surface area contributed by atoms with Gasteiger partial charge in [0, 0.05) is 36.5 Å². The standard InChI is InChI=1S/C22H15N5O4/c28-22(21-5-2-10-31-21)26-20(15-6-7-17-19(12-15)24-9-8-23-17)13-18(25-26)14-3-1-4-16(11-14)27(29)30/h1-12,20H,13H2. The minimum atomic E-state index is -0.454. The Morgan fingerprint density at radius 3 is 2.68 bits per heavy atom. The summed E-state index contributed by atoms with van der Waals surface area (Å²) in [6.07, 6.45) is 5.04. The molecule has 31 heavy (non-hydrogen) atoms. The summed E-state index contributed by atoms with van der Waals surface area (Å²) in [5.74, 6) is -0.232. The highest BCUT2D eigenvalue weighted by Crippen LogP contribution is 2.35. The Morgan fingerprint density at radius 1 is 1.06 bits per heavy atom. The number of hydrazone groups is 1. The molecule has 0 aliphatic carbocycles. The first-order valence-electron chi connectivity index (χ1n) is 9.50. The first-order chi connectivity index (χ1) is 15.1. The van der Waals surface area contributed by atoms with Crippen molar-refractivity contribution in [3.63, 3.8) is 0 Å². The third-order valence-electron chi connectivity index (χ3n) is 5.12. The summed E-state index contributed by atoms with van der Waals surface area (Å²) in [7, 11) is 0. The fraction of sp³-hybridized carbons (Fsp3) is 0.0909. The van der Waals surface area contributed by atoms with Crippen LogP contribution in [0.25, 0.3) is 11.0 Å². The van der Waals surface area contributed by atoms with E-state index in [2.05, 4.69) is 15.1 Å². The average molecular weight is 413 g/mol. The van der Waals surface area contributed by atoms with Crippen molar-refractivity contribution >= 4 is 28.3 Å². The fourth-order valence-electron chi connectivity index (χ4n) is 3.63. The van der Waals surface area contributed by atoms with Crippen molar-refractivity contribution in [2.45, 2.75) is 12.5 Å². The molecule has 0 fully saturated rings. The molecule has 9 nitrogen and oxygen atoms in total. The molecule has 1 atom stereocenters. The van der Waals surface area contributed by atoms with Crippen LogP contribution in [0.1, 0.15) is 34.1 Å². The van der Waals surface area contributed by atoms with Gasteiger partial charge in [-0.05, 0) is 29.8 Å². The zero-order chi connectivity index (χ0) is 21.4. The number of nitrogens with zero attached hydrogens (tertiary/aromatic N) is 5. The van der Waals surface area contributed by atoms with E-state index in [4.69, 9.17) is 4.42 Å². The molecular formula is C22H15N5O4. The van der Waals surface area contributed by atoms with Gasteiger partial charge >= 0.3 is 5.91 Å². The van der Waals surface area contributed by atoms with Crippen LogP contribution in [0.2, 0.25) is 0 Å². The number of hydrogen-bond acceptors (Lipinski definition) is 7. The molecule has 0 saturated carbocycles. The van der Waals surface area contributed by atoms with Crippen LogP contribution in [0.5, 0.6) is 0 Å². The smallest absolute Gasteiger partial charge is 0.310 e. The zero-order valence-electron chi connectivity index (χ0n) is 16.1. The first-order valence-corrected chi connectivity index (χ1v) is 9.50. The van der Waals surface area contributed by atoms with Gasteiger partial charge in [-0.15, -0.1) is 0 Å². The average Bonchev–Trinajstić information content (AvgIpc) is 3.49. The predicted molar refractivity (Wildman–Crippen MR) is 111 cm³/mol. The number of hydrogen-bond donors (Lipinski definition) is 0. The molecule has 152 valence electrons. The monoisotopic (exact) mass is 413 g/mol. The third-order valence-corrected chi connectivity index (χ3v) is 5.12. The third kappa shape index (κ3) is 3.42. The van der Waals surface area contributed by atoms with Crippen LogP contribution in [0.15, 0.2) is 82.8 Å². The van der Waals surface area contributed by atoms with Crippen LogP contribution in [-0.4, -0.2) is 31.5 Å². The molecule has 0 saturated heterocycles. The van der Waals surface area contributed by atoms with E-state index < -0.39 is 16.9 Å². The Morgan fingerprint density at radius 2 is 1.90 bits per heavy atom. The van der Waals surface area contributed by atoms with Gasteiger partial charge in [0.15, 0.2) is 5.76 Å². The van der Waals surface area contributed by atoms with Crippen molar-refractivity contribution < 1.29 is 14.1 Å². The summed E-state index contributed by atoms with van der Waals surface area (Å²) >= 11 is 0. The lowest BCUT2D eigenvalue weighted by Gasteiger charge is -2.21. The Hall–Kier alpha value is -4.40. The lowest BCUT2D eigenvalue weighted by molar-refractivity contribution is -0.384. The highest BCUT2D eigenvalue weighted by Gasteiger charge is 2.35. The Balaban J connectivity index is 1.57. The van der Waals surface area contributed by atoms with Crippen LogP contribution < -0.4 is 0 Å². The molecule has 0 spiro atoms. The van der Waals surface area contributed by atoms with Gasteiger partial charge in [0.2, 0.25) is 0 Å². The van der Waals surface area contributed by atoms with E-state index in [1.807, 2.05) is 18.2 Å². The Kier molecular flexibility index (Phi) is 4.47. The fourth-order valence-corrected chi connectivity index (χ4v) is 3.63. The van der Waals surface area contributed by atoms with E-state index in [0.29, 0.717) is 23.2 Å². The maximum atomic E-state index is 13.1. The second kappa shape index (κ2) is 7.45. The van der Waals surface area contributed by atoms with Crippen LogP contribution in [0, 0.1) is 10.1 Å². The number of nitro groups is 1. The van der Waals surface area contributed by atoms with Crippen molar-refractivity contribution in [1.82, 2.24) is 15.0 Å². The topological polar surface area (TPSA) is 115 Å². The number of non-ortho nitro benzene ring substituents is 1. The maximum Gasteiger partial charge on any atom is 0.310 e. The van der Waals surface area contributed by atoms with E-state index in [9.17, 15) is 14.9 Å². The van der Waals surface area contributed by atoms with E-state index in [1.54, 1.807) is 36.7 Å². The van der Waals surface area contributed by atoms with Gasteiger partial charge in [-0.25, -0.2) is 5.01 Å². The molecule has 1 aliphatic rings. The van der Waals surface area contributed by atoms with Crippen LogP contribution >= 0.6 is 0 Å². The molecular weight excluding hydrogens is 398 g/mol. The minimum Gasteiger partial charge on any atom is -0.459 e. The molecule has 1 aliphatic heterocycles. The summed E-state index contributed by atoms with van der Waals surface area (Å²) in [5, 5.41) is 17.1. The quantitative estimate of drug-likeness (QED) is 0.367. The van der Waals surface area contributed by atoms with Crippen molar-refractivity contribution in [1.29, 1.82) is 0 Å². The summed E-state index contributed by atoms with van der Waals surface area (Å²) in [4.78, 5) is 32.5. The van der Waals surface area contributed by atoms with Crippen molar-refractivity contribution in [3.05, 3.63) is 100 Å². The van der Waals surface area contributed by atoms with Gasteiger partial charge < -0.3 is 4.42 Å². The van der Waals surface area contributed by atoms with E-state index in [0.717, 1.165) is 11.1 Å². The number of rotatable bonds is 4. The van der Waals surface area contributed by atoms with Gasteiger partial charge in [-0.3, -0.25) is 24.9 Å². The van der Waals surface area contributed by atoms with Crippen molar-refractivity contribution in [2.75, 3.05) is 0 Å². The Labute approximate surface area is 175 Å². The van der Waals surface area contributed by atoms with Gasteiger partial charge in [-0.1, -0.05) is 18.2 Å². The number of carbonyl (C=O) groups excluding carboxylic acids is 1. The molecule has 3 heterocycles. The molecule has 5 rings (SSSR count). The molecule has 0 N–H and O–H groups in total. The van der Waals surface area contributed by atoms with E-state index >= 15 is 0 Å². The zero-order valence-corrected chi connectivity index (χ0v) is 16.1. The highest BCUT2D eigenvalue weighted by molar-refractivity contribution is 6.05. The number of benzene rings is 2. The van der Waals surface area contributed by atoms with Gasteiger partial charge in [0.25, 0.3) is 5.69 Å². The normalized spacial score (nSPS) is 15.8. The predicted octanol–water partition coefficient (Wildman–Crippen LogP) is 4.12. The first kappa shape index (κ1) is 18.6. The van der Waals surface area contributed by atoms with E-state index in [-0.39, 0.29) is 11.4 Å². The number of carbonyl (C=O) groups is 1. The number of fused-ring (bicyclic) bond motifs is 1. The molecule has 1 unspecified atom stereocenters. The van der Waals surface area contributed by atoms with Gasteiger partial charge in [-0.2, -0.15) is 5.10 Å². The lowest BCUT2D eigenvalue weighted by atomic mass is 9.97. The van der Waals surface area contributed by atoms with Crippen molar-refractivity contribution in [2.24, 2.45) is 5.10 Å². The second-order valence-corrected chi connectivity index (χ2v) is 7.01. The molecule has 4 aromatic rings. The number of nitro benzene ring substituents is 1. The van der Waals surface area contributed by atoms with Crippen molar-refractivity contribution in [3.8, 4) is 0 Å². The number of amides is 1. The van der Waals surface area contributed by atoms with Gasteiger partial charge in [0.1, 0.15) is 0 Å². The minimum absolute atomic E-state index is 0.0338. The summed E-state index contributed by atoms with van der Waals surface area (Å²) in [6.45, 7) is 0. The molecule has 1 amide bonds. The largest absolute Gasteiger partial charge is 0.459 e. The van der Waals surface area contributed by atoms with Crippen LogP contribution in [0.3, 0.4) is 0 Å². The van der Waals surface area contributed by atoms with Crippen LogP contribution in [-0.2, 0) is 0 Å². The van der Waals surface area contributed by atoms with E-state index in [1.165, 1.54) is 23.4 Å². The summed E-state index contributed by atoms with van der Waals surface area (Å²) < 4.78 is 5.28. The number of furan rings is 1. The molecule has 0 radical (unpaired) electrons. The molecule has 0 bridgehead atoms. The van der Waals surface area contributed by atoms with Gasteiger partial charge in [0.05, 0.1) is 34.0 Å². The number of aromatic nitrogens is 2. The molecule has 2 aromatic carbocycles. The van der Waals surface area contributed by atoms with Crippen LogP contribution in [0.4, 0.5) is 5.69 Å². The highest BCUT2D eigenvalue weighted by atomic mass is 16.6. The molecule has 2 aromatic heterocycles. The Bertz CT molecular complexity index is 1330. The maximum absolute atomic E-state index is 13.1. The summed E-state index contributed by atoms with van der Waals surface area (Å²) in [5.41, 5.74) is 3.41. The molecule has 9 heteroatoms.